The first kappa shape index (κ1) is 13.1. The van der Waals surface area contributed by atoms with Gasteiger partial charge in [0.05, 0.1) is 12.7 Å². The van der Waals surface area contributed by atoms with Gasteiger partial charge in [0.2, 0.25) is 0 Å². The van der Waals surface area contributed by atoms with Gasteiger partial charge in [-0.3, -0.25) is 4.68 Å². The van der Waals surface area contributed by atoms with Crippen LogP contribution < -0.4 is 5.73 Å². The van der Waals surface area contributed by atoms with Crippen molar-refractivity contribution >= 4 is 11.7 Å². The number of nitrogen functional groups attached to an aromatic ring is 1. The number of hydrogen-bond acceptors (Lipinski definition) is 4. The minimum Gasteiger partial charge on any atom is -0.479 e. The normalized spacial score (nSPS) is 12.3. The molecule has 6 nitrogen and oxygen atoms in total. The summed E-state index contributed by atoms with van der Waals surface area (Å²) in [5, 5.41) is 21.9. The predicted octanol–water partition coefficient (Wildman–Crippen LogP) is 0.886. The maximum absolute atomic E-state index is 10.6. The molecule has 0 unspecified atom stereocenters. The molecule has 0 aliphatic rings. The predicted molar refractivity (Wildman–Crippen MR) is 70.5 cm³/mol. The minimum atomic E-state index is -1.46. The van der Waals surface area contributed by atoms with Crippen molar-refractivity contribution in [2.24, 2.45) is 0 Å². The van der Waals surface area contributed by atoms with E-state index in [4.69, 9.17) is 10.8 Å². The monoisotopic (exact) mass is 261 g/mol. The Hall–Kier alpha value is -2.34. The van der Waals surface area contributed by atoms with Gasteiger partial charge in [-0.1, -0.05) is 6.07 Å². The van der Waals surface area contributed by atoms with Crippen molar-refractivity contribution in [3.8, 4) is 11.1 Å². The van der Waals surface area contributed by atoms with E-state index in [1.54, 1.807) is 12.4 Å². The van der Waals surface area contributed by atoms with E-state index >= 15 is 0 Å². The first-order chi connectivity index (χ1) is 8.95. The molecule has 6 heteroatoms. The first-order valence-electron chi connectivity index (χ1n) is 5.76. The second-order valence-corrected chi connectivity index (χ2v) is 4.44. The Morgan fingerprint density at radius 3 is 2.79 bits per heavy atom. The molecule has 0 aliphatic carbocycles. The summed E-state index contributed by atoms with van der Waals surface area (Å²) in [5.74, 6) is -1.27. The number of aliphatic hydroxyl groups is 1. The number of carbonyl (C=O) groups is 1. The smallest absolute Gasteiger partial charge is 0.334 e. The Kier molecular flexibility index (Phi) is 3.52. The molecule has 1 heterocycles. The summed E-state index contributed by atoms with van der Waals surface area (Å²) in [7, 11) is 0. The summed E-state index contributed by atoms with van der Waals surface area (Å²) < 4.78 is 1.40. The molecule has 0 spiro atoms. The van der Waals surface area contributed by atoms with Gasteiger partial charge in [-0.15, -0.1) is 0 Å². The van der Waals surface area contributed by atoms with E-state index in [-0.39, 0.29) is 6.54 Å². The third-order valence-electron chi connectivity index (χ3n) is 2.71. The Bertz CT molecular complexity index is 587. The van der Waals surface area contributed by atoms with Crippen molar-refractivity contribution in [3.05, 3.63) is 36.2 Å². The van der Waals surface area contributed by atoms with Crippen molar-refractivity contribution < 1.29 is 15.0 Å². The first-order valence-corrected chi connectivity index (χ1v) is 5.76. The molecule has 2 rings (SSSR count). The van der Waals surface area contributed by atoms with Crippen molar-refractivity contribution in [3.63, 3.8) is 0 Å². The van der Waals surface area contributed by atoms with Gasteiger partial charge in [0.1, 0.15) is 0 Å². The fourth-order valence-electron chi connectivity index (χ4n) is 1.85. The molecule has 1 aromatic carbocycles. The number of aryl methyl sites for hydroxylation is 1. The minimum absolute atomic E-state index is 0.0867. The molecule has 2 aromatic rings. The topological polar surface area (TPSA) is 101 Å². The van der Waals surface area contributed by atoms with E-state index in [9.17, 15) is 9.90 Å². The molecule has 0 fully saturated rings. The van der Waals surface area contributed by atoms with Crippen molar-refractivity contribution in [2.75, 3.05) is 5.73 Å². The molecule has 100 valence electrons. The van der Waals surface area contributed by atoms with E-state index in [1.807, 2.05) is 25.1 Å². The van der Waals surface area contributed by atoms with Gasteiger partial charge in [0.15, 0.2) is 6.10 Å². The van der Waals surface area contributed by atoms with Crippen LogP contribution in [0.2, 0.25) is 0 Å². The number of nitrogens with zero attached hydrogens (tertiary/aromatic N) is 2. The lowest BCUT2D eigenvalue weighted by molar-refractivity contribution is -0.147. The number of aliphatic hydroxyl groups excluding tert-OH is 1. The largest absolute Gasteiger partial charge is 0.479 e. The average molecular weight is 261 g/mol. The van der Waals surface area contributed by atoms with E-state index in [2.05, 4.69) is 5.10 Å². The molecule has 4 N–H and O–H groups in total. The van der Waals surface area contributed by atoms with Crippen LogP contribution in [0.4, 0.5) is 5.69 Å². The quantitative estimate of drug-likeness (QED) is 0.709. The Morgan fingerprint density at radius 2 is 2.16 bits per heavy atom. The van der Waals surface area contributed by atoms with Crippen molar-refractivity contribution in [1.29, 1.82) is 0 Å². The van der Waals surface area contributed by atoms with E-state index < -0.39 is 12.1 Å². The summed E-state index contributed by atoms with van der Waals surface area (Å²) >= 11 is 0. The van der Waals surface area contributed by atoms with Crippen LogP contribution >= 0.6 is 0 Å². The fourth-order valence-corrected chi connectivity index (χ4v) is 1.85. The molecular weight excluding hydrogens is 246 g/mol. The summed E-state index contributed by atoms with van der Waals surface area (Å²) in [6.07, 6.45) is 1.83. The summed E-state index contributed by atoms with van der Waals surface area (Å²) in [6, 6.07) is 5.65. The molecule has 1 atom stereocenters. The highest BCUT2D eigenvalue weighted by Gasteiger charge is 2.14. The number of anilines is 1. The number of carboxylic acids is 1. The lowest BCUT2D eigenvalue weighted by atomic mass is 10.1. The highest BCUT2D eigenvalue weighted by Crippen LogP contribution is 2.22. The number of carboxylic acid groups (broad SMARTS) is 1. The van der Waals surface area contributed by atoms with E-state index in [0.717, 1.165) is 16.7 Å². The van der Waals surface area contributed by atoms with Crippen LogP contribution in [-0.2, 0) is 11.3 Å². The Morgan fingerprint density at radius 1 is 1.42 bits per heavy atom. The maximum atomic E-state index is 10.6. The van der Waals surface area contributed by atoms with Gasteiger partial charge in [0, 0.05) is 17.4 Å². The highest BCUT2D eigenvalue weighted by molar-refractivity contribution is 5.72. The van der Waals surface area contributed by atoms with Crippen LogP contribution in [0, 0.1) is 6.92 Å². The fraction of sp³-hybridized carbons (Fsp3) is 0.231. The zero-order valence-electron chi connectivity index (χ0n) is 10.4. The van der Waals surface area contributed by atoms with Crippen LogP contribution in [0.3, 0.4) is 0 Å². The van der Waals surface area contributed by atoms with Crippen LogP contribution in [-0.4, -0.2) is 32.1 Å². The number of hydrogen-bond donors (Lipinski definition) is 3. The number of aromatic nitrogens is 2. The molecule has 19 heavy (non-hydrogen) atoms. The highest BCUT2D eigenvalue weighted by atomic mass is 16.4. The Balaban J connectivity index is 2.23. The van der Waals surface area contributed by atoms with Gasteiger partial charge in [-0.25, -0.2) is 4.79 Å². The molecule has 0 bridgehead atoms. The Labute approximate surface area is 110 Å². The number of nitrogens with two attached hydrogens (primary N) is 1. The number of benzene rings is 1. The van der Waals surface area contributed by atoms with Gasteiger partial charge >= 0.3 is 5.97 Å². The van der Waals surface area contributed by atoms with Crippen LogP contribution in [0.1, 0.15) is 5.56 Å². The molecule has 0 radical (unpaired) electrons. The molecule has 0 saturated carbocycles. The summed E-state index contributed by atoms with van der Waals surface area (Å²) in [4.78, 5) is 10.6. The lowest BCUT2D eigenvalue weighted by Crippen LogP contribution is -2.25. The molecule has 1 aromatic heterocycles. The molecule has 0 amide bonds. The summed E-state index contributed by atoms with van der Waals surface area (Å²) in [5.41, 5.74) is 9.21. The lowest BCUT2D eigenvalue weighted by Gasteiger charge is -2.05. The van der Waals surface area contributed by atoms with Gasteiger partial charge in [-0.05, 0) is 30.2 Å². The van der Waals surface area contributed by atoms with Gasteiger partial charge in [-0.2, -0.15) is 5.10 Å². The van der Waals surface area contributed by atoms with Crippen molar-refractivity contribution in [2.45, 2.75) is 19.6 Å². The molecular formula is C13H15N3O3. The standard InChI is InChI=1S/C13H15N3O3/c1-8-2-9(4-11(14)3-8)10-5-15-16(6-10)7-12(17)13(18)19/h2-6,12,17H,7,14H2,1H3,(H,18,19)/t12-/m0/s1. The zero-order valence-corrected chi connectivity index (χ0v) is 10.4. The van der Waals surface area contributed by atoms with Crippen LogP contribution in [0.15, 0.2) is 30.6 Å². The maximum Gasteiger partial charge on any atom is 0.334 e. The zero-order chi connectivity index (χ0) is 14.0. The number of aliphatic carboxylic acids is 1. The van der Waals surface area contributed by atoms with Gasteiger partial charge in [0.25, 0.3) is 0 Å². The SMILES string of the molecule is Cc1cc(N)cc(-c2cnn(C[C@H](O)C(=O)O)c2)c1. The van der Waals surface area contributed by atoms with E-state index in [0.29, 0.717) is 5.69 Å². The van der Waals surface area contributed by atoms with Gasteiger partial charge < -0.3 is 15.9 Å². The average Bonchev–Trinajstić information content (AvgIpc) is 2.76. The van der Waals surface area contributed by atoms with Crippen LogP contribution in [0.5, 0.6) is 0 Å². The third-order valence-corrected chi connectivity index (χ3v) is 2.71. The van der Waals surface area contributed by atoms with Crippen molar-refractivity contribution in [1.82, 2.24) is 9.78 Å². The second kappa shape index (κ2) is 5.11. The van der Waals surface area contributed by atoms with Crippen LogP contribution in [0.25, 0.3) is 11.1 Å². The van der Waals surface area contributed by atoms with E-state index in [1.165, 1.54) is 4.68 Å². The number of rotatable bonds is 4. The second-order valence-electron chi connectivity index (χ2n) is 4.44. The molecule has 0 saturated heterocycles. The molecule has 0 aliphatic heterocycles. The third kappa shape index (κ3) is 3.11. The summed E-state index contributed by atoms with van der Waals surface area (Å²) in [6.45, 7) is 1.86.